The quantitative estimate of drug-likeness (QED) is 0.417. The number of hydrogen-bond donors (Lipinski definition) is 2. The molecule has 0 saturated carbocycles. The van der Waals surface area contributed by atoms with Gasteiger partial charge in [-0.25, -0.2) is 4.39 Å². The molecule has 0 aromatic heterocycles. The summed E-state index contributed by atoms with van der Waals surface area (Å²) in [7, 11) is 0. The highest BCUT2D eigenvalue weighted by Crippen LogP contribution is 2.27. The lowest BCUT2D eigenvalue weighted by Crippen LogP contribution is -2.24. The van der Waals surface area contributed by atoms with E-state index in [9.17, 15) is 4.39 Å². The van der Waals surface area contributed by atoms with Gasteiger partial charge in [-0.2, -0.15) is 5.10 Å². The van der Waals surface area contributed by atoms with Gasteiger partial charge in [0, 0.05) is 11.1 Å². The Morgan fingerprint density at radius 2 is 1.88 bits per heavy atom. The third-order valence-corrected chi connectivity index (χ3v) is 3.73. The van der Waals surface area contributed by atoms with Crippen molar-refractivity contribution >= 4 is 34.3 Å². The van der Waals surface area contributed by atoms with Crippen LogP contribution in [0.25, 0.3) is 10.8 Å². The monoisotopic (exact) mass is 353 g/mol. The van der Waals surface area contributed by atoms with Gasteiger partial charge in [0.2, 0.25) is 0 Å². The Morgan fingerprint density at radius 1 is 1.12 bits per heavy atom. The number of nitrogens with one attached hydrogen (secondary N) is 1. The van der Waals surface area contributed by atoms with Crippen molar-refractivity contribution in [2.45, 2.75) is 6.61 Å². The molecule has 0 atom stereocenters. The van der Waals surface area contributed by atoms with Crippen molar-refractivity contribution in [1.29, 1.82) is 0 Å². The van der Waals surface area contributed by atoms with Gasteiger partial charge in [-0.15, -0.1) is 0 Å². The Bertz CT molecular complexity index is 943. The highest BCUT2D eigenvalue weighted by atomic mass is 32.1. The minimum absolute atomic E-state index is 0.0744. The zero-order chi connectivity index (χ0) is 17.6. The number of nitrogens with two attached hydrogens (primary N) is 1. The largest absolute Gasteiger partial charge is 0.488 e. The van der Waals surface area contributed by atoms with Gasteiger partial charge >= 0.3 is 0 Å². The summed E-state index contributed by atoms with van der Waals surface area (Å²) < 4.78 is 19.6. The van der Waals surface area contributed by atoms with E-state index in [1.54, 1.807) is 24.4 Å². The van der Waals surface area contributed by atoms with E-state index in [4.69, 9.17) is 22.7 Å². The lowest BCUT2D eigenvalue weighted by atomic mass is 10.0. The number of halogens is 1. The van der Waals surface area contributed by atoms with Crippen LogP contribution in [0.2, 0.25) is 0 Å². The van der Waals surface area contributed by atoms with E-state index < -0.39 is 0 Å². The van der Waals surface area contributed by atoms with Crippen LogP contribution in [-0.4, -0.2) is 11.3 Å². The molecule has 6 heteroatoms. The molecule has 0 fully saturated rings. The Kier molecular flexibility index (Phi) is 5.20. The standard InChI is InChI=1S/C19H16FN3OS/c20-17-8-4-2-6-14(17)12-24-18-10-9-13-5-1-3-7-15(13)16(18)11-22-23-19(21)25/h1-11H,12H2,(H3,21,23,25). The molecule has 0 unspecified atom stereocenters. The van der Waals surface area contributed by atoms with Crippen molar-refractivity contribution in [3.63, 3.8) is 0 Å². The minimum Gasteiger partial charge on any atom is -0.488 e. The Labute approximate surface area is 150 Å². The summed E-state index contributed by atoms with van der Waals surface area (Å²) >= 11 is 4.75. The summed E-state index contributed by atoms with van der Waals surface area (Å²) in [5.41, 5.74) is 9.17. The van der Waals surface area contributed by atoms with Gasteiger partial charge in [0.15, 0.2) is 5.11 Å². The summed E-state index contributed by atoms with van der Waals surface area (Å²) in [5.74, 6) is 0.295. The van der Waals surface area contributed by atoms with E-state index in [2.05, 4.69) is 10.5 Å². The van der Waals surface area contributed by atoms with E-state index in [0.717, 1.165) is 16.3 Å². The van der Waals surface area contributed by atoms with Crippen LogP contribution in [-0.2, 0) is 6.61 Å². The van der Waals surface area contributed by atoms with Crippen LogP contribution in [0.3, 0.4) is 0 Å². The summed E-state index contributed by atoms with van der Waals surface area (Å²) in [6, 6.07) is 18.2. The zero-order valence-electron chi connectivity index (χ0n) is 13.3. The maximum absolute atomic E-state index is 13.8. The summed E-state index contributed by atoms with van der Waals surface area (Å²) in [5, 5.41) is 6.10. The molecular formula is C19H16FN3OS. The molecule has 3 aromatic carbocycles. The average molecular weight is 353 g/mol. The SMILES string of the molecule is NC(=S)NN=Cc1c(OCc2ccccc2F)ccc2ccccc12. The molecule has 3 aromatic rings. The van der Waals surface area contributed by atoms with E-state index in [0.29, 0.717) is 11.3 Å². The van der Waals surface area contributed by atoms with Gasteiger partial charge in [0.1, 0.15) is 18.2 Å². The molecule has 0 amide bonds. The number of thiocarbonyl (C=S) groups is 1. The Morgan fingerprint density at radius 3 is 2.68 bits per heavy atom. The third kappa shape index (κ3) is 4.10. The van der Waals surface area contributed by atoms with E-state index in [-0.39, 0.29) is 17.5 Å². The molecule has 3 rings (SSSR count). The van der Waals surface area contributed by atoms with Crippen LogP contribution in [0.5, 0.6) is 5.75 Å². The van der Waals surface area contributed by atoms with Crippen LogP contribution < -0.4 is 15.9 Å². The highest BCUT2D eigenvalue weighted by molar-refractivity contribution is 7.80. The van der Waals surface area contributed by atoms with Crippen molar-refractivity contribution in [3.05, 3.63) is 77.6 Å². The van der Waals surface area contributed by atoms with Gasteiger partial charge in [0.05, 0.1) is 6.21 Å². The van der Waals surface area contributed by atoms with Gasteiger partial charge in [-0.3, -0.25) is 5.43 Å². The lowest BCUT2D eigenvalue weighted by molar-refractivity contribution is 0.300. The molecular weight excluding hydrogens is 337 g/mol. The van der Waals surface area contributed by atoms with E-state index in [1.807, 2.05) is 36.4 Å². The first kappa shape index (κ1) is 16.9. The topological polar surface area (TPSA) is 59.6 Å². The predicted octanol–water partition coefficient (Wildman–Crippen LogP) is 3.73. The molecule has 0 saturated heterocycles. The number of benzene rings is 3. The molecule has 126 valence electrons. The Hall–Kier alpha value is -2.99. The molecule has 0 aliphatic rings. The van der Waals surface area contributed by atoms with Crippen LogP contribution in [0.4, 0.5) is 4.39 Å². The number of fused-ring (bicyclic) bond motifs is 1. The zero-order valence-corrected chi connectivity index (χ0v) is 14.1. The van der Waals surface area contributed by atoms with Crippen LogP contribution in [0.15, 0.2) is 65.8 Å². The van der Waals surface area contributed by atoms with Crippen LogP contribution in [0.1, 0.15) is 11.1 Å². The first-order chi connectivity index (χ1) is 12.1. The van der Waals surface area contributed by atoms with E-state index >= 15 is 0 Å². The minimum atomic E-state index is -0.298. The second-order valence-corrected chi connectivity index (χ2v) is 5.75. The van der Waals surface area contributed by atoms with Crippen molar-refractivity contribution in [1.82, 2.24) is 5.43 Å². The van der Waals surface area contributed by atoms with Gasteiger partial charge in [0.25, 0.3) is 0 Å². The molecule has 0 aliphatic heterocycles. The third-order valence-electron chi connectivity index (χ3n) is 3.64. The van der Waals surface area contributed by atoms with Crippen molar-refractivity contribution in [3.8, 4) is 5.75 Å². The highest BCUT2D eigenvalue weighted by Gasteiger charge is 2.09. The fraction of sp³-hybridized carbons (Fsp3) is 0.0526. The number of rotatable bonds is 5. The molecule has 3 N–H and O–H groups in total. The molecule has 0 spiro atoms. The Balaban J connectivity index is 1.94. The van der Waals surface area contributed by atoms with Gasteiger partial charge in [-0.1, -0.05) is 48.5 Å². The normalized spacial score (nSPS) is 10.9. The van der Waals surface area contributed by atoms with E-state index in [1.165, 1.54) is 6.07 Å². The average Bonchev–Trinajstić information content (AvgIpc) is 2.61. The summed E-state index contributed by atoms with van der Waals surface area (Å²) in [6.07, 6.45) is 1.60. The molecule has 0 radical (unpaired) electrons. The maximum Gasteiger partial charge on any atom is 0.184 e. The first-order valence-electron chi connectivity index (χ1n) is 7.61. The second kappa shape index (κ2) is 7.72. The molecule has 4 nitrogen and oxygen atoms in total. The number of nitrogens with zero attached hydrogens (tertiary/aromatic N) is 1. The van der Waals surface area contributed by atoms with Gasteiger partial charge in [-0.05, 0) is 35.1 Å². The molecule has 0 heterocycles. The number of hydrogen-bond acceptors (Lipinski definition) is 3. The second-order valence-electron chi connectivity index (χ2n) is 5.31. The fourth-order valence-corrected chi connectivity index (χ4v) is 2.52. The van der Waals surface area contributed by atoms with Crippen LogP contribution >= 0.6 is 12.2 Å². The van der Waals surface area contributed by atoms with Gasteiger partial charge < -0.3 is 10.5 Å². The first-order valence-corrected chi connectivity index (χ1v) is 8.02. The fourth-order valence-electron chi connectivity index (χ4n) is 2.47. The summed E-state index contributed by atoms with van der Waals surface area (Å²) in [4.78, 5) is 0. The number of ether oxygens (including phenoxy) is 1. The van der Waals surface area contributed by atoms with Crippen molar-refractivity contribution < 1.29 is 9.13 Å². The molecule has 25 heavy (non-hydrogen) atoms. The van der Waals surface area contributed by atoms with Crippen molar-refractivity contribution in [2.75, 3.05) is 0 Å². The lowest BCUT2D eigenvalue weighted by Gasteiger charge is -2.12. The molecule has 0 aliphatic carbocycles. The van der Waals surface area contributed by atoms with Crippen LogP contribution in [0, 0.1) is 5.82 Å². The maximum atomic E-state index is 13.8. The van der Waals surface area contributed by atoms with Crippen molar-refractivity contribution in [2.24, 2.45) is 10.8 Å². The predicted molar refractivity (Wildman–Crippen MR) is 102 cm³/mol. The summed E-state index contributed by atoms with van der Waals surface area (Å²) in [6.45, 7) is 0.120. The molecule has 0 bridgehead atoms. The smallest absolute Gasteiger partial charge is 0.184 e. The number of hydrazone groups is 1.